The van der Waals surface area contributed by atoms with E-state index in [1.54, 1.807) is 0 Å². The lowest BCUT2D eigenvalue weighted by Gasteiger charge is -2.18. The van der Waals surface area contributed by atoms with Crippen LogP contribution in [0.1, 0.15) is 6.23 Å². The van der Waals surface area contributed by atoms with Gasteiger partial charge in [-0.3, -0.25) is 4.57 Å². The fourth-order valence-corrected chi connectivity index (χ4v) is 2.69. The summed E-state index contributed by atoms with van der Waals surface area (Å²) in [4.78, 5) is 14.6. The number of anilines is 1. The Hall–Kier alpha value is -2.54. The molecule has 2 aromatic rings. The minimum atomic E-state index is -1.32. The number of hydrogen-bond acceptors (Lipinski definition) is 10. The largest absolute Gasteiger partial charge is 0.395 e. The Morgan fingerprint density at radius 1 is 1.40 bits per heavy atom. The number of aliphatic hydroxyl groups is 3. The van der Waals surface area contributed by atoms with Gasteiger partial charge in [-0.25, -0.2) is 15.0 Å². The number of aliphatic hydroxyl groups excluding tert-OH is 3. The zero-order valence-corrected chi connectivity index (χ0v) is 13.0. The van der Waals surface area contributed by atoms with Crippen LogP contribution < -0.4 is 11.1 Å². The highest BCUT2D eigenvalue weighted by atomic mass is 16.6. The summed E-state index contributed by atoms with van der Waals surface area (Å²) >= 11 is 0. The van der Waals surface area contributed by atoms with Crippen LogP contribution in [0, 0.1) is 0 Å². The zero-order valence-electron chi connectivity index (χ0n) is 13.0. The number of nitrogens with two attached hydrogens (primary N) is 1. The third kappa shape index (κ3) is 3.07. The third-order valence-electron chi connectivity index (χ3n) is 3.85. The van der Waals surface area contributed by atoms with Gasteiger partial charge in [-0.2, -0.15) is 0 Å². The molecule has 1 aliphatic heterocycles. The molecule has 0 aliphatic carbocycles. The number of nitrogens with one attached hydrogen (secondary N) is 1. The van der Waals surface area contributed by atoms with E-state index >= 15 is 0 Å². The zero-order chi connectivity index (χ0) is 18.0. The molecule has 0 aromatic carbocycles. The Labute approximate surface area is 140 Å². The van der Waals surface area contributed by atoms with Gasteiger partial charge in [0, 0.05) is 18.0 Å². The Bertz CT molecular complexity index is 805. The standard InChI is InChI=1S/C12H17N9O4/c13-9-6-10(17-4-16-9)21(12(18-6)19-20-14)11-8(24)7(23)5(25-11)3-15-1-2-22/h4-5,7-8,11,15,22-24H,1-3H2,(H2,13,16,17)/t5-,7?,8?,11-/m1/s1. The number of nitrogen functional groups attached to an aromatic ring is 1. The van der Waals surface area contributed by atoms with Crippen LogP contribution in [0.4, 0.5) is 11.8 Å². The van der Waals surface area contributed by atoms with E-state index in [-0.39, 0.29) is 36.1 Å². The molecule has 1 saturated heterocycles. The molecule has 0 bridgehead atoms. The lowest BCUT2D eigenvalue weighted by Crippen LogP contribution is -2.38. The van der Waals surface area contributed by atoms with Crippen molar-refractivity contribution < 1.29 is 20.1 Å². The van der Waals surface area contributed by atoms with Crippen molar-refractivity contribution in [1.82, 2.24) is 24.8 Å². The summed E-state index contributed by atoms with van der Waals surface area (Å²) in [7, 11) is 0. The summed E-state index contributed by atoms with van der Waals surface area (Å²) in [5.74, 6) is -0.0442. The molecule has 3 heterocycles. The first-order chi connectivity index (χ1) is 12.1. The van der Waals surface area contributed by atoms with Crippen molar-refractivity contribution >= 4 is 22.9 Å². The number of fused-ring (bicyclic) bond motifs is 1. The topological polar surface area (TPSA) is 200 Å². The van der Waals surface area contributed by atoms with Crippen molar-refractivity contribution in [2.75, 3.05) is 25.4 Å². The predicted octanol–water partition coefficient (Wildman–Crippen LogP) is -1.45. The summed E-state index contributed by atoms with van der Waals surface area (Å²) in [5, 5.41) is 35.7. The van der Waals surface area contributed by atoms with Gasteiger partial charge in [-0.05, 0) is 10.6 Å². The summed E-state index contributed by atoms with van der Waals surface area (Å²) < 4.78 is 6.98. The summed E-state index contributed by atoms with van der Waals surface area (Å²) in [6, 6.07) is 0. The van der Waals surface area contributed by atoms with Crippen molar-refractivity contribution in [3.8, 4) is 0 Å². The van der Waals surface area contributed by atoms with Crippen molar-refractivity contribution in [3.63, 3.8) is 0 Å². The van der Waals surface area contributed by atoms with Gasteiger partial charge in [-0.15, -0.1) is 0 Å². The second kappa shape index (κ2) is 7.14. The van der Waals surface area contributed by atoms with E-state index in [4.69, 9.17) is 21.1 Å². The van der Waals surface area contributed by atoms with E-state index in [2.05, 4.69) is 30.3 Å². The molecule has 0 saturated carbocycles. The molecule has 1 aliphatic rings. The third-order valence-corrected chi connectivity index (χ3v) is 3.85. The lowest BCUT2D eigenvalue weighted by atomic mass is 10.1. The van der Waals surface area contributed by atoms with Crippen LogP contribution >= 0.6 is 0 Å². The first-order valence-electron chi connectivity index (χ1n) is 7.45. The maximum atomic E-state index is 10.4. The van der Waals surface area contributed by atoms with E-state index < -0.39 is 24.5 Å². The van der Waals surface area contributed by atoms with E-state index in [1.807, 2.05) is 0 Å². The fraction of sp³-hybridized carbons (Fsp3) is 0.583. The number of azide groups is 1. The van der Waals surface area contributed by atoms with E-state index in [9.17, 15) is 10.2 Å². The molecule has 13 nitrogen and oxygen atoms in total. The van der Waals surface area contributed by atoms with Gasteiger partial charge in [-0.1, -0.05) is 0 Å². The van der Waals surface area contributed by atoms with Crippen LogP contribution in [0.2, 0.25) is 0 Å². The van der Waals surface area contributed by atoms with E-state index in [0.717, 1.165) is 0 Å². The SMILES string of the molecule is [N-]=[N+]=Nc1nc2c(N)ncnc2n1[C@@H]1O[C@H](CNCCO)C(O)C1O. The van der Waals surface area contributed by atoms with Gasteiger partial charge in [0.05, 0.1) is 6.61 Å². The lowest BCUT2D eigenvalue weighted by molar-refractivity contribution is -0.0332. The molecular weight excluding hydrogens is 334 g/mol. The van der Waals surface area contributed by atoms with Gasteiger partial charge >= 0.3 is 0 Å². The first-order valence-corrected chi connectivity index (χ1v) is 7.45. The van der Waals surface area contributed by atoms with Crippen LogP contribution in [0.25, 0.3) is 21.6 Å². The Balaban J connectivity index is 1.99. The van der Waals surface area contributed by atoms with Gasteiger partial charge < -0.3 is 31.1 Å². The van der Waals surface area contributed by atoms with E-state index in [1.165, 1.54) is 10.9 Å². The highest BCUT2D eigenvalue weighted by Gasteiger charge is 2.44. The molecule has 25 heavy (non-hydrogen) atoms. The number of ether oxygens (including phenoxy) is 1. The molecule has 1 fully saturated rings. The summed E-state index contributed by atoms with van der Waals surface area (Å²) in [6.07, 6.45) is -3.15. The van der Waals surface area contributed by atoms with Crippen LogP contribution in [0.5, 0.6) is 0 Å². The molecular formula is C12H17N9O4. The molecule has 6 N–H and O–H groups in total. The van der Waals surface area contributed by atoms with Gasteiger partial charge in [0.15, 0.2) is 23.2 Å². The van der Waals surface area contributed by atoms with Crippen molar-refractivity contribution in [3.05, 3.63) is 16.8 Å². The molecule has 0 amide bonds. The number of aromatic nitrogens is 4. The van der Waals surface area contributed by atoms with Gasteiger partial charge in [0.25, 0.3) is 0 Å². The monoisotopic (exact) mass is 351 g/mol. The van der Waals surface area contributed by atoms with Gasteiger partial charge in [0.2, 0.25) is 5.95 Å². The number of rotatable bonds is 6. The number of hydrogen-bond donors (Lipinski definition) is 5. The molecule has 3 rings (SSSR count). The maximum Gasteiger partial charge on any atom is 0.201 e. The van der Waals surface area contributed by atoms with Crippen LogP contribution in [-0.4, -0.2) is 72.8 Å². The van der Waals surface area contributed by atoms with Crippen LogP contribution in [-0.2, 0) is 4.74 Å². The minimum Gasteiger partial charge on any atom is -0.395 e. The van der Waals surface area contributed by atoms with Crippen molar-refractivity contribution in [1.29, 1.82) is 0 Å². The number of nitrogens with zero attached hydrogens (tertiary/aromatic N) is 7. The normalized spacial score (nSPS) is 26.0. The average molecular weight is 351 g/mol. The molecule has 2 unspecified atom stereocenters. The minimum absolute atomic E-state index is 0.0712. The van der Waals surface area contributed by atoms with Crippen molar-refractivity contribution in [2.45, 2.75) is 24.5 Å². The number of imidazole rings is 1. The van der Waals surface area contributed by atoms with Crippen LogP contribution in [0.3, 0.4) is 0 Å². The average Bonchev–Trinajstić information content (AvgIpc) is 3.09. The van der Waals surface area contributed by atoms with Crippen molar-refractivity contribution in [2.24, 2.45) is 5.11 Å². The van der Waals surface area contributed by atoms with Crippen LogP contribution in [0.15, 0.2) is 11.4 Å². The second-order valence-electron chi connectivity index (χ2n) is 5.38. The Kier molecular flexibility index (Phi) is 4.94. The molecule has 2 aromatic heterocycles. The van der Waals surface area contributed by atoms with Gasteiger partial charge in [0.1, 0.15) is 24.6 Å². The molecule has 0 spiro atoms. The highest BCUT2D eigenvalue weighted by Crippen LogP contribution is 2.35. The summed E-state index contributed by atoms with van der Waals surface area (Å²) in [6.45, 7) is 0.448. The molecule has 0 radical (unpaired) electrons. The molecule has 13 heteroatoms. The maximum absolute atomic E-state index is 10.4. The molecule has 134 valence electrons. The first kappa shape index (κ1) is 17.3. The Morgan fingerprint density at radius 3 is 2.92 bits per heavy atom. The second-order valence-corrected chi connectivity index (χ2v) is 5.38. The summed E-state index contributed by atoms with van der Waals surface area (Å²) in [5.41, 5.74) is 14.9. The quantitative estimate of drug-likeness (QED) is 0.179. The predicted molar refractivity (Wildman–Crippen MR) is 84.4 cm³/mol. The Morgan fingerprint density at radius 2 is 2.20 bits per heavy atom. The molecule has 4 atom stereocenters. The highest BCUT2D eigenvalue weighted by molar-refractivity contribution is 5.83. The smallest absolute Gasteiger partial charge is 0.201 e. The van der Waals surface area contributed by atoms with E-state index in [0.29, 0.717) is 6.54 Å². The fourth-order valence-electron chi connectivity index (χ4n) is 2.69.